The third kappa shape index (κ3) is 5.07. The highest BCUT2D eigenvalue weighted by Crippen LogP contribution is 2.39. The van der Waals surface area contributed by atoms with Crippen molar-refractivity contribution in [3.8, 4) is 50.7 Å². The van der Waals surface area contributed by atoms with Crippen LogP contribution in [0, 0.1) is 0 Å². The van der Waals surface area contributed by atoms with Crippen molar-refractivity contribution in [1.82, 2.24) is 19.1 Å². The number of allylic oxidation sites excluding steroid dienone is 4. The van der Waals surface area contributed by atoms with Gasteiger partial charge in [0.05, 0.1) is 22.1 Å². The van der Waals surface area contributed by atoms with Crippen molar-refractivity contribution in [2.45, 2.75) is 12.8 Å². The van der Waals surface area contributed by atoms with Crippen molar-refractivity contribution in [1.29, 1.82) is 0 Å². The molecule has 2 heterocycles. The summed E-state index contributed by atoms with van der Waals surface area (Å²) in [6.07, 6.45) is 8.91. The van der Waals surface area contributed by atoms with E-state index in [2.05, 4.69) is 185 Å². The molecule has 2 aromatic heterocycles. The molecule has 1 aliphatic rings. The molecule has 0 amide bonds. The molecule has 0 bridgehead atoms. The molecule has 0 fully saturated rings. The number of para-hydroxylation sites is 5. The molecule has 0 saturated carbocycles. The van der Waals surface area contributed by atoms with Crippen LogP contribution in [0.2, 0.25) is 0 Å². The molecule has 246 valence electrons. The highest BCUT2D eigenvalue weighted by Gasteiger charge is 2.18. The van der Waals surface area contributed by atoms with E-state index >= 15 is 0 Å². The summed E-state index contributed by atoms with van der Waals surface area (Å²) in [6.45, 7) is 0. The molecule has 0 aliphatic heterocycles. The Labute approximate surface area is 302 Å². The Morgan fingerprint density at radius 1 is 0.423 bits per heavy atom. The lowest BCUT2D eigenvalue weighted by atomic mass is 9.91. The summed E-state index contributed by atoms with van der Waals surface area (Å²) < 4.78 is 4.55. The number of aromatic nitrogens is 4. The molecule has 0 spiro atoms. The second kappa shape index (κ2) is 12.5. The summed E-state index contributed by atoms with van der Waals surface area (Å²) in [6, 6.07) is 58.2. The molecule has 0 atom stereocenters. The van der Waals surface area contributed by atoms with E-state index < -0.39 is 0 Å². The number of hydrogen-bond donors (Lipinski definition) is 0. The van der Waals surface area contributed by atoms with Crippen LogP contribution < -0.4 is 0 Å². The predicted molar refractivity (Wildman–Crippen MR) is 216 cm³/mol. The van der Waals surface area contributed by atoms with Gasteiger partial charge in [-0.2, -0.15) is 0 Å². The highest BCUT2D eigenvalue weighted by molar-refractivity contribution is 6.06. The van der Waals surface area contributed by atoms with Crippen LogP contribution in [0.4, 0.5) is 0 Å². The van der Waals surface area contributed by atoms with Crippen LogP contribution in [0.3, 0.4) is 0 Å². The molecule has 4 heteroatoms. The Kier molecular flexibility index (Phi) is 7.24. The monoisotopic (exact) mass is 666 g/mol. The average Bonchev–Trinajstić information content (AvgIpc) is 3.81. The zero-order valence-corrected chi connectivity index (χ0v) is 28.5. The van der Waals surface area contributed by atoms with Gasteiger partial charge < -0.3 is 0 Å². The smallest absolute Gasteiger partial charge is 0.145 e. The van der Waals surface area contributed by atoms with E-state index in [1.807, 2.05) is 6.07 Å². The Morgan fingerprint density at radius 2 is 0.942 bits per heavy atom. The first-order chi connectivity index (χ1) is 25.8. The molecule has 1 aliphatic carbocycles. The first kappa shape index (κ1) is 30.1. The maximum Gasteiger partial charge on any atom is 0.145 e. The minimum Gasteiger partial charge on any atom is -0.293 e. The molecule has 9 aromatic rings. The lowest BCUT2D eigenvalue weighted by Crippen LogP contribution is -2.00. The van der Waals surface area contributed by atoms with Crippen LogP contribution in [0.5, 0.6) is 0 Å². The van der Waals surface area contributed by atoms with Gasteiger partial charge in [0, 0.05) is 22.5 Å². The number of fused-ring (bicyclic) bond motifs is 3. The fourth-order valence-electron chi connectivity index (χ4n) is 7.72. The summed E-state index contributed by atoms with van der Waals surface area (Å²) in [5, 5.41) is 2.46. The van der Waals surface area contributed by atoms with E-state index in [4.69, 9.17) is 9.97 Å². The summed E-state index contributed by atoms with van der Waals surface area (Å²) in [5.41, 5.74) is 13.4. The van der Waals surface area contributed by atoms with Crippen LogP contribution in [0.1, 0.15) is 12.8 Å². The zero-order chi connectivity index (χ0) is 34.4. The summed E-state index contributed by atoms with van der Waals surface area (Å²) in [5.74, 6) is 1.90. The summed E-state index contributed by atoms with van der Waals surface area (Å²) in [7, 11) is 0. The molecule has 0 radical (unpaired) electrons. The van der Waals surface area contributed by atoms with Gasteiger partial charge >= 0.3 is 0 Å². The van der Waals surface area contributed by atoms with Crippen LogP contribution in [0.15, 0.2) is 182 Å². The fraction of sp³-hybridized carbons (Fsp3) is 0.0417. The summed E-state index contributed by atoms with van der Waals surface area (Å²) in [4.78, 5) is 10.2. The van der Waals surface area contributed by atoms with E-state index in [1.54, 1.807) is 0 Å². The number of rotatable bonds is 6. The first-order valence-electron chi connectivity index (χ1n) is 17.9. The van der Waals surface area contributed by atoms with Gasteiger partial charge in [-0.25, -0.2) is 9.97 Å². The lowest BCUT2D eigenvalue weighted by Gasteiger charge is -2.15. The Balaban J connectivity index is 1.05. The maximum absolute atomic E-state index is 5.11. The van der Waals surface area contributed by atoms with E-state index in [0.29, 0.717) is 0 Å². The van der Waals surface area contributed by atoms with E-state index in [-0.39, 0.29) is 0 Å². The molecular formula is C48H34N4. The minimum absolute atomic E-state index is 0.932. The van der Waals surface area contributed by atoms with Gasteiger partial charge in [0.2, 0.25) is 0 Å². The number of nitrogens with zero attached hydrogens (tertiary/aromatic N) is 4. The maximum atomic E-state index is 5.11. The van der Waals surface area contributed by atoms with Crippen LogP contribution in [-0.4, -0.2) is 19.1 Å². The van der Waals surface area contributed by atoms with Gasteiger partial charge in [0.25, 0.3) is 0 Å². The van der Waals surface area contributed by atoms with Gasteiger partial charge in [0.15, 0.2) is 0 Å². The van der Waals surface area contributed by atoms with Crippen molar-refractivity contribution in [3.05, 3.63) is 182 Å². The predicted octanol–water partition coefficient (Wildman–Crippen LogP) is 12.4. The lowest BCUT2D eigenvalue weighted by molar-refractivity contribution is 1.01. The van der Waals surface area contributed by atoms with Crippen LogP contribution in [-0.2, 0) is 0 Å². The third-order valence-electron chi connectivity index (χ3n) is 10.2. The van der Waals surface area contributed by atoms with Gasteiger partial charge in [-0.05, 0) is 88.3 Å². The second-order valence-corrected chi connectivity index (χ2v) is 13.3. The van der Waals surface area contributed by atoms with Crippen molar-refractivity contribution in [3.63, 3.8) is 0 Å². The number of imidazole rings is 2. The highest BCUT2D eigenvalue weighted by atomic mass is 15.1. The normalized spacial score (nSPS) is 12.9. The Bertz CT molecular complexity index is 2810. The Morgan fingerprint density at radius 3 is 1.52 bits per heavy atom. The standard InChI is InChI=1S/C48H34N4/c1-3-15-38(16-4-1)51-44-23-9-7-21-42(44)49-47(51)36-29-25-33(26-30-36)40-19-11-13-35-14-12-20-41(46(35)40)34-27-31-37(32-28-34)48-50-43-22-8-10-24-45(43)52(48)39-17-5-2-6-18-39/h1,3-5,7-32H,2,6H2. The van der Waals surface area contributed by atoms with Crippen LogP contribution >= 0.6 is 0 Å². The summed E-state index contributed by atoms with van der Waals surface area (Å²) >= 11 is 0. The molecule has 52 heavy (non-hydrogen) atoms. The van der Waals surface area contributed by atoms with E-state index in [9.17, 15) is 0 Å². The van der Waals surface area contributed by atoms with Crippen molar-refractivity contribution in [2.75, 3.05) is 0 Å². The van der Waals surface area contributed by atoms with Gasteiger partial charge in [-0.3, -0.25) is 9.13 Å². The molecule has 7 aromatic carbocycles. The third-order valence-corrected chi connectivity index (χ3v) is 10.2. The average molecular weight is 667 g/mol. The van der Waals surface area contributed by atoms with Crippen LogP contribution in [0.25, 0.3) is 89.3 Å². The minimum atomic E-state index is 0.932. The number of hydrogen-bond acceptors (Lipinski definition) is 2. The quantitative estimate of drug-likeness (QED) is 0.177. The van der Waals surface area contributed by atoms with E-state index in [0.717, 1.165) is 63.4 Å². The Hall–Kier alpha value is -6.78. The van der Waals surface area contributed by atoms with Gasteiger partial charge in [0.1, 0.15) is 11.6 Å². The molecular weight excluding hydrogens is 633 g/mol. The molecule has 0 N–H and O–H groups in total. The second-order valence-electron chi connectivity index (χ2n) is 13.3. The van der Waals surface area contributed by atoms with Gasteiger partial charge in [-0.15, -0.1) is 0 Å². The molecule has 0 unspecified atom stereocenters. The van der Waals surface area contributed by atoms with Crippen molar-refractivity contribution < 1.29 is 0 Å². The van der Waals surface area contributed by atoms with Gasteiger partial charge in [-0.1, -0.05) is 140 Å². The molecule has 0 saturated heterocycles. The number of benzene rings is 7. The largest absolute Gasteiger partial charge is 0.293 e. The van der Waals surface area contributed by atoms with Crippen molar-refractivity contribution >= 4 is 38.5 Å². The van der Waals surface area contributed by atoms with E-state index in [1.165, 1.54) is 38.7 Å². The SMILES string of the molecule is C1=CC(n2c(-c3ccc(-c4cccc5cccc(-c6ccc(-c7nc8ccccc8n7-c7ccccc7)cc6)c45)cc3)nc3ccccc32)=CCC1. The fourth-order valence-corrected chi connectivity index (χ4v) is 7.72. The first-order valence-corrected chi connectivity index (χ1v) is 17.9. The zero-order valence-electron chi connectivity index (χ0n) is 28.5. The topological polar surface area (TPSA) is 35.6 Å². The van der Waals surface area contributed by atoms with Crippen molar-refractivity contribution in [2.24, 2.45) is 0 Å². The molecule has 4 nitrogen and oxygen atoms in total. The molecule has 10 rings (SSSR count).